The summed E-state index contributed by atoms with van der Waals surface area (Å²) in [6.07, 6.45) is 12.3. The number of rotatable bonds is 11. The standard InChI is InChI=1S/C17H32N2O2/c1-2-3-12-18-13-6-4-5-7-15-8-10-16(11-9-15)14-19-17(20)21/h2,15-16,18-19H,1,3-14H2,(H,20,21). The minimum Gasteiger partial charge on any atom is -0.465 e. The molecule has 0 bridgehead atoms. The van der Waals surface area contributed by atoms with Gasteiger partial charge in [-0.3, -0.25) is 0 Å². The van der Waals surface area contributed by atoms with Crippen molar-refractivity contribution in [2.45, 2.75) is 57.8 Å². The Hall–Kier alpha value is -1.03. The van der Waals surface area contributed by atoms with Crippen LogP contribution in [0.2, 0.25) is 0 Å². The van der Waals surface area contributed by atoms with Gasteiger partial charge < -0.3 is 15.7 Å². The molecular weight excluding hydrogens is 264 g/mol. The van der Waals surface area contributed by atoms with E-state index in [1.54, 1.807) is 0 Å². The molecule has 1 amide bonds. The molecule has 0 unspecified atom stereocenters. The first-order valence-electron chi connectivity index (χ1n) is 8.50. The Morgan fingerprint density at radius 3 is 2.48 bits per heavy atom. The van der Waals surface area contributed by atoms with Crippen LogP contribution in [0.15, 0.2) is 12.7 Å². The third kappa shape index (κ3) is 9.51. The molecule has 0 heterocycles. The Labute approximate surface area is 129 Å². The largest absolute Gasteiger partial charge is 0.465 e. The molecule has 0 radical (unpaired) electrons. The number of carbonyl (C=O) groups is 1. The normalized spacial score (nSPS) is 21.9. The van der Waals surface area contributed by atoms with E-state index in [1.165, 1.54) is 51.4 Å². The highest BCUT2D eigenvalue weighted by Gasteiger charge is 2.20. The van der Waals surface area contributed by atoms with Crippen molar-refractivity contribution in [3.63, 3.8) is 0 Å². The molecule has 122 valence electrons. The van der Waals surface area contributed by atoms with E-state index in [9.17, 15) is 4.79 Å². The lowest BCUT2D eigenvalue weighted by Gasteiger charge is -2.28. The van der Waals surface area contributed by atoms with Crippen LogP contribution in [0, 0.1) is 11.8 Å². The van der Waals surface area contributed by atoms with Crippen LogP contribution in [0.25, 0.3) is 0 Å². The molecule has 0 atom stereocenters. The molecule has 0 aromatic carbocycles. The van der Waals surface area contributed by atoms with Gasteiger partial charge in [0, 0.05) is 6.54 Å². The minimum absolute atomic E-state index is 0.561. The predicted octanol–water partition coefficient (Wildman–Crippen LogP) is 3.79. The third-order valence-electron chi connectivity index (χ3n) is 4.50. The number of hydrogen-bond donors (Lipinski definition) is 3. The van der Waals surface area contributed by atoms with Crippen LogP contribution in [-0.2, 0) is 0 Å². The Bertz CT molecular complexity index is 287. The summed E-state index contributed by atoms with van der Waals surface area (Å²) in [4.78, 5) is 10.5. The van der Waals surface area contributed by atoms with Gasteiger partial charge in [-0.25, -0.2) is 4.79 Å². The van der Waals surface area contributed by atoms with E-state index >= 15 is 0 Å². The maximum Gasteiger partial charge on any atom is 0.404 e. The summed E-state index contributed by atoms with van der Waals surface area (Å²) in [5.74, 6) is 1.44. The van der Waals surface area contributed by atoms with E-state index in [2.05, 4.69) is 17.2 Å². The first-order chi connectivity index (χ1) is 10.2. The lowest BCUT2D eigenvalue weighted by atomic mass is 9.80. The summed E-state index contributed by atoms with van der Waals surface area (Å²) in [6, 6.07) is 0. The minimum atomic E-state index is -0.890. The first-order valence-corrected chi connectivity index (χ1v) is 8.50. The summed E-state index contributed by atoms with van der Waals surface area (Å²) < 4.78 is 0. The maximum atomic E-state index is 10.5. The van der Waals surface area contributed by atoms with Gasteiger partial charge in [0.1, 0.15) is 0 Å². The number of amides is 1. The van der Waals surface area contributed by atoms with Gasteiger partial charge in [-0.2, -0.15) is 0 Å². The summed E-state index contributed by atoms with van der Waals surface area (Å²) >= 11 is 0. The van der Waals surface area contributed by atoms with E-state index in [0.717, 1.165) is 25.4 Å². The molecule has 1 aliphatic rings. The van der Waals surface area contributed by atoms with Gasteiger partial charge in [-0.1, -0.05) is 38.2 Å². The molecule has 0 spiro atoms. The van der Waals surface area contributed by atoms with Crippen molar-refractivity contribution in [1.82, 2.24) is 10.6 Å². The number of hydrogen-bond acceptors (Lipinski definition) is 2. The summed E-state index contributed by atoms with van der Waals surface area (Å²) in [6.45, 7) is 6.53. The molecule has 1 fully saturated rings. The van der Waals surface area contributed by atoms with E-state index in [-0.39, 0.29) is 0 Å². The van der Waals surface area contributed by atoms with Crippen LogP contribution >= 0.6 is 0 Å². The van der Waals surface area contributed by atoms with E-state index < -0.39 is 6.09 Å². The molecule has 4 nitrogen and oxygen atoms in total. The molecule has 0 saturated heterocycles. The monoisotopic (exact) mass is 296 g/mol. The van der Waals surface area contributed by atoms with Gasteiger partial charge in [0.25, 0.3) is 0 Å². The molecule has 0 aromatic heterocycles. The number of unbranched alkanes of at least 4 members (excludes halogenated alkanes) is 2. The molecule has 1 aliphatic carbocycles. The highest BCUT2D eigenvalue weighted by Crippen LogP contribution is 2.31. The molecule has 0 aromatic rings. The van der Waals surface area contributed by atoms with E-state index in [4.69, 9.17) is 5.11 Å². The fourth-order valence-electron chi connectivity index (χ4n) is 3.14. The average molecular weight is 296 g/mol. The van der Waals surface area contributed by atoms with Crippen LogP contribution < -0.4 is 10.6 Å². The van der Waals surface area contributed by atoms with E-state index in [0.29, 0.717) is 12.5 Å². The molecular formula is C17H32N2O2. The van der Waals surface area contributed by atoms with Crippen LogP contribution in [0.5, 0.6) is 0 Å². The Kier molecular flexibility index (Phi) is 9.96. The maximum absolute atomic E-state index is 10.5. The highest BCUT2D eigenvalue weighted by atomic mass is 16.4. The zero-order chi connectivity index (χ0) is 15.3. The lowest BCUT2D eigenvalue weighted by Crippen LogP contribution is -2.30. The second-order valence-corrected chi connectivity index (χ2v) is 6.25. The highest BCUT2D eigenvalue weighted by molar-refractivity contribution is 5.64. The molecule has 21 heavy (non-hydrogen) atoms. The molecule has 1 rings (SSSR count). The lowest BCUT2D eigenvalue weighted by molar-refractivity contribution is 0.187. The van der Waals surface area contributed by atoms with Crippen LogP contribution in [0.4, 0.5) is 4.79 Å². The van der Waals surface area contributed by atoms with Crippen LogP contribution in [0.1, 0.15) is 57.8 Å². The zero-order valence-electron chi connectivity index (χ0n) is 13.3. The van der Waals surface area contributed by atoms with Crippen LogP contribution in [0.3, 0.4) is 0 Å². The second kappa shape index (κ2) is 11.6. The van der Waals surface area contributed by atoms with Crippen molar-refractivity contribution >= 4 is 6.09 Å². The summed E-state index contributed by atoms with van der Waals surface area (Å²) in [7, 11) is 0. The Balaban J connectivity index is 1.91. The van der Waals surface area contributed by atoms with Gasteiger partial charge >= 0.3 is 6.09 Å². The molecule has 4 heteroatoms. The quantitative estimate of drug-likeness (QED) is 0.401. The van der Waals surface area contributed by atoms with Gasteiger partial charge in [-0.15, -0.1) is 6.58 Å². The van der Waals surface area contributed by atoms with Gasteiger partial charge in [0.2, 0.25) is 0 Å². The van der Waals surface area contributed by atoms with Crippen molar-refractivity contribution in [2.75, 3.05) is 19.6 Å². The van der Waals surface area contributed by atoms with Crippen molar-refractivity contribution in [2.24, 2.45) is 11.8 Å². The number of nitrogens with one attached hydrogen (secondary N) is 2. The fourth-order valence-corrected chi connectivity index (χ4v) is 3.14. The molecule has 0 aliphatic heterocycles. The Morgan fingerprint density at radius 2 is 1.81 bits per heavy atom. The van der Waals surface area contributed by atoms with Gasteiger partial charge in [0.15, 0.2) is 0 Å². The van der Waals surface area contributed by atoms with Gasteiger partial charge in [0.05, 0.1) is 0 Å². The predicted molar refractivity (Wildman–Crippen MR) is 87.6 cm³/mol. The van der Waals surface area contributed by atoms with Crippen molar-refractivity contribution in [3.8, 4) is 0 Å². The Morgan fingerprint density at radius 1 is 1.10 bits per heavy atom. The second-order valence-electron chi connectivity index (χ2n) is 6.25. The van der Waals surface area contributed by atoms with E-state index in [1.807, 2.05) is 6.08 Å². The summed E-state index contributed by atoms with van der Waals surface area (Å²) in [5.41, 5.74) is 0. The smallest absolute Gasteiger partial charge is 0.404 e. The number of carboxylic acid groups (broad SMARTS) is 1. The van der Waals surface area contributed by atoms with Gasteiger partial charge in [-0.05, 0) is 50.6 Å². The van der Waals surface area contributed by atoms with Crippen molar-refractivity contribution in [3.05, 3.63) is 12.7 Å². The first kappa shape index (κ1) is 18.0. The molecule has 1 saturated carbocycles. The molecule has 3 N–H and O–H groups in total. The van der Waals surface area contributed by atoms with Crippen LogP contribution in [-0.4, -0.2) is 30.8 Å². The third-order valence-corrected chi connectivity index (χ3v) is 4.50. The zero-order valence-corrected chi connectivity index (χ0v) is 13.3. The van der Waals surface area contributed by atoms with Crippen molar-refractivity contribution < 1.29 is 9.90 Å². The summed E-state index contributed by atoms with van der Waals surface area (Å²) in [5, 5.41) is 14.6. The topological polar surface area (TPSA) is 61.4 Å². The van der Waals surface area contributed by atoms with Crippen molar-refractivity contribution in [1.29, 1.82) is 0 Å². The fraction of sp³-hybridized carbons (Fsp3) is 0.824. The average Bonchev–Trinajstić information content (AvgIpc) is 2.49. The SMILES string of the molecule is C=CCCNCCCCCC1CCC(CNC(=O)O)CC1.